The summed E-state index contributed by atoms with van der Waals surface area (Å²) in [5.74, 6) is 0. The highest BCUT2D eigenvalue weighted by Gasteiger charge is 2.24. The molecule has 20 heavy (non-hydrogen) atoms. The van der Waals surface area contributed by atoms with Crippen LogP contribution >= 0.6 is 7.92 Å². The molecule has 0 radical (unpaired) electrons. The average molecular weight is 274 g/mol. The van der Waals surface area contributed by atoms with Gasteiger partial charge in [-0.1, -0.05) is 78.9 Å². The SMILES string of the molecule is c1ccc([P@@]2Cc3ccccc3-c3ccccc32)cc1. The first-order valence-corrected chi connectivity index (χ1v) is 8.46. The van der Waals surface area contributed by atoms with E-state index in [1.165, 1.54) is 27.3 Å². The normalized spacial score (nSPS) is 16.3. The summed E-state index contributed by atoms with van der Waals surface area (Å²) in [7, 11) is -0.269. The van der Waals surface area contributed by atoms with Crippen LogP contribution in [0.2, 0.25) is 0 Å². The Morgan fingerprint density at radius 3 is 2.10 bits per heavy atom. The van der Waals surface area contributed by atoms with Crippen LogP contribution in [0.25, 0.3) is 11.1 Å². The molecule has 0 saturated carbocycles. The van der Waals surface area contributed by atoms with Crippen molar-refractivity contribution in [3.63, 3.8) is 0 Å². The fourth-order valence-electron chi connectivity index (χ4n) is 2.95. The van der Waals surface area contributed by atoms with Crippen molar-refractivity contribution in [1.29, 1.82) is 0 Å². The molecule has 4 rings (SSSR count). The molecule has 0 N–H and O–H groups in total. The highest BCUT2D eigenvalue weighted by Crippen LogP contribution is 2.46. The van der Waals surface area contributed by atoms with Crippen LogP contribution in [0.3, 0.4) is 0 Å². The van der Waals surface area contributed by atoms with E-state index in [1.807, 2.05) is 0 Å². The Hall–Kier alpha value is -1.91. The van der Waals surface area contributed by atoms with Crippen molar-refractivity contribution in [2.45, 2.75) is 6.16 Å². The maximum atomic E-state index is 2.31. The summed E-state index contributed by atoms with van der Waals surface area (Å²) in [4.78, 5) is 0. The third-order valence-electron chi connectivity index (χ3n) is 3.90. The molecule has 0 amide bonds. The quantitative estimate of drug-likeness (QED) is 0.580. The van der Waals surface area contributed by atoms with Gasteiger partial charge in [-0.05, 0) is 35.2 Å². The molecule has 1 aliphatic rings. The second-order valence-corrected chi connectivity index (χ2v) is 7.27. The van der Waals surface area contributed by atoms with E-state index < -0.39 is 0 Å². The van der Waals surface area contributed by atoms with E-state index in [-0.39, 0.29) is 7.92 Å². The van der Waals surface area contributed by atoms with E-state index >= 15 is 0 Å². The Morgan fingerprint density at radius 2 is 1.25 bits per heavy atom. The standard InChI is InChI=1S/C19H15P/c1-2-9-16(10-3-1)20-14-15-8-4-5-11-17(15)18-12-6-7-13-19(18)20/h1-13H,14H2/t20-/m1/s1. The maximum Gasteiger partial charge on any atom is 0.00138 e. The van der Waals surface area contributed by atoms with Gasteiger partial charge in [0.2, 0.25) is 0 Å². The van der Waals surface area contributed by atoms with Crippen molar-refractivity contribution in [3.8, 4) is 11.1 Å². The predicted octanol–water partition coefficient (Wildman–Crippen LogP) is 4.30. The molecule has 0 aliphatic carbocycles. The lowest BCUT2D eigenvalue weighted by Gasteiger charge is -2.28. The van der Waals surface area contributed by atoms with Crippen molar-refractivity contribution < 1.29 is 0 Å². The minimum absolute atomic E-state index is 0.269. The number of hydrogen-bond acceptors (Lipinski definition) is 0. The summed E-state index contributed by atoms with van der Waals surface area (Å²) in [6.45, 7) is 0. The monoisotopic (exact) mass is 274 g/mol. The first-order valence-electron chi connectivity index (χ1n) is 6.93. The fourth-order valence-corrected chi connectivity index (χ4v) is 5.48. The van der Waals surface area contributed by atoms with Gasteiger partial charge in [0.15, 0.2) is 0 Å². The number of benzene rings is 3. The van der Waals surface area contributed by atoms with Gasteiger partial charge >= 0.3 is 0 Å². The smallest absolute Gasteiger partial charge is 0.00138 e. The van der Waals surface area contributed by atoms with Gasteiger partial charge in [0, 0.05) is 6.16 Å². The molecule has 1 heterocycles. The lowest BCUT2D eigenvalue weighted by Crippen LogP contribution is -2.19. The zero-order valence-corrected chi connectivity index (χ0v) is 12.1. The van der Waals surface area contributed by atoms with Crippen LogP contribution in [0.15, 0.2) is 78.9 Å². The fraction of sp³-hybridized carbons (Fsp3) is 0.0526. The topological polar surface area (TPSA) is 0 Å². The third-order valence-corrected chi connectivity index (χ3v) is 6.45. The molecule has 0 nitrogen and oxygen atoms in total. The van der Waals surface area contributed by atoms with Crippen molar-refractivity contribution >= 4 is 18.5 Å². The summed E-state index contributed by atoms with van der Waals surface area (Å²) >= 11 is 0. The van der Waals surface area contributed by atoms with Crippen LogP contribution in [-0.4, -0.2) is 0 Å². The molecule has 1 heteroatoms. The van der Waals surface area contributed by atoms with Crippen LogP contribution in [-0.2, 0) is 6.16 Å². The molecule has 3 aromatic rings. The van der Waals surface area contributed by atoms with Gasteiger partial charge in [-0.3, -0.25) is 0 Å². The first-order chi connectivity index (χ1) is 9.93. The van der Waals surface area contributed by atoms with E-state index in [0.717, 1.165) is 6.16 Å². The molecule has 1 aliphatic heterocycles. The number of rotatable bonds is 1. The predicted molar refractivity (Wildman–Crippen MR) is 88.2 cm³/mol. The average Bonchev–Trinajstić information content (AvgIpc) is 2.55. The molecular weight excluding hydrogens is 259 g/mol. The molecule has 0 fully saturated rings. The second-order valence-electron chi connectivity index (χ2n) is 5.10. The van der Waals surface area contributed by atoms with Crippen LogP contribution in [0.1, 0.15) is 5.56 Å². The summed E-state index contributed by atoms with van der Waals surface area (Å²) < 4.78 is 0. The van der Waals surface area contributed by atoms with E-state index in [1.54, 1.807) is 0 Å². The van der Waals surface area contributed by atoms with Crippen LogP contribution in [0.5, 0.6) is 0 Å². The van der Waals surface area contributed by atoms with Gasteiger partial charge in [-0.25, -0.2) is 0 Å². The highest BCUT2D eigenvalue weighted by molar-refractivity contribution is 7.72. The summed E-state index contributed by atoms with van der Waals surface area (Å²) in [5.41, 5.74) is 4.32. The van der Waals surface area contributed by atoms with E-state index in [9.17, 15) is 0 Å². The largest absolute Gasteiger partial charge is 0.0622 e. The van der Waals surface area contributed by atoms with Crippen molar-refractivity contribution in [2.24, 2.45) is 0 Å². The Labute approximate surface area is 120 Å². The van der Waals surface area contributed by atoms with Crippen molar-refractivity contribution in [2.75, 3.05) is 0 Å². The Kier molecular flexibility index (Phi) is 2.90. The second kappa shape index (κ2) is 4.89. The van der Waals surface area contributed by atoms with Crippen LogP contribution in [0, 0.1) is 0 Å². The summed E-state index contributed by atoms with van der Waals surface area (Å²) in [6, 6.07) is 28.7. The zero-order chi connectivity index (χ0) is 13.4. The van der Waals surface area contributed by atoms with Gasteiger partial charge in [0.25, 0.3) is 0 Å². The van der Waals surface area contributed by atoms with E-state index in [0.29, 0.717) is 0 Å². The van der Waals surface area contributed by atoms with E-state index in [2.05, 4.69) is 78.9 Å². The Morgan fingerprint density at radius 1 is 0.600 bits per heavy atom. The molecule has 3 aromatic carbocycles. The summed E-state index contributed by atoms with van der Waals surface area (Å²) in [5, 5.41) is 3.00. The van der Waals surface area contributed by atoms with Gasteiger partial charge in [-0.15, -0.1) is 0 Å². The molecule has 0 bridgehead atoms. The minimum Gasteiger partial charge on any atom is -0.0622 e. The van der Waals surface area contributed by atoms with E-state index in [4.69, 9.17) is 0 Å². The minimum atomic E-state index is -0.269. The molecule has 0 aromatic heterocycles. The Bertz CT molecular complexity index is 746. The zero-order valence-electron chi connectivity index (χ0n) is 11.2. The molecule has 0 spiro atoms. The lowest BCUT2D eigenvalue weighted by molar-refractivity contribution is 1.38. The molecule has 96 valence electrons. The highest BCUT2D eigenvalue weighted by atomic mass is 31.1. The van der Waals surface area contributed by atoms with Crippen molar-refractivity contribution in [1.82, 2.24) is 0 Å². The van der Waals surface area contributed by atoms with Crippen LogP contribution < -0.4 is 10.6 Å². The maximum absolute atomic E-state index is 2.31. The summed E-state index contributed by atoms with van der Waals surface area (Å²) in [6.07, 6.45) is 1.16. The third kappa shape index (κ3) is 1.88. The van der Waals surface area contributed by atoms with Gasteiger partial charge in [-0.2, -0.15) is 0 Å². The Balaban J connectivity index is 1.93. The first kappa shape index (κ1) is 11.9. The lowest BCUT2D eigenvalue weighted by atomic mass is 10.0. The van der Waals surface area contributed by atoms with Crippen LogP contribution in [0.4, 0.5) is 0 Å². The van der Waals surface area contributed by atoms with Gasteiger partial charge in [0.05, 0.1) is 0 Å². The molecule has 0 saturated heterocycles. The number of hydrogen-bond donors (Lipinski definition) is 0. The van der Waals surface area contributed by atoms with Gasteiger partial charge < -0.3 is 0 Å². The van der Waals surface area contributed by atoms with Crippen molar-refractivity contribution in [3.05, 3.63) is 84.4 Å². The van der Waals surface area contributed by atoms with Gasteiger partial charge in [0.1, 0.15) is 0 Å². The number of fused-ring (bicyclic) bond motifs is 3. The molecular formula is C19H15P. The molecule has 1 atom stereocenters. The molecule has 0 unspecified atom stereocenters.